The Kier molecular flexibility index (Phi) is 5.67. The summed E-state index contributed by atoms with van der Waals surface area (Å²) in [4.78, 5) is 12.8. The van der Waals surface area contributed by atoms with Crippen LogP contribution in [0.4, 0.5) is 0 Å². The Balaban J connectivity index is 2.01. The first-order valence-electron chi connectivity index (χ1n) is 6.58. The second kappa shape index (κ2) is 7.50. The SMILES string of the molecule is CC(C)n1c(SCc2cc(C#CCCO)cs2)n[nH]c1=O. The molecule has 0 unspecified atom stereocenters. The molecule has 0 atom stereocenters. The summed E-state index contributed by atoms with van der Waals surface area (Å²) in [6.07, 6.45) is 0.494. The molecule has 0 fully saturated rings. The first-order chi connectivity index (χ1) is 10.1. The Morgan fingerprint density at radius 1 is 1.57 bits per heavy atom. The quantitative estimate of drug-likeness (QED) is 0.654. The van der Waals surface area contributed by atoms with E-state index in [9.17, 15) is 4.79 Å². The molecule has 0 radical (unpaired) electrons. The van der Waals surface area contributed by atoms with E-state index >= 15 is 0 Å². The van der Waals surface area contributed by atoms with E-state index < -0.39 is 0 Å². The molecular formula is C14H17N3O2S2. The van der Waals surface area contributed by atoms with Crippen LogP contribution in [0.1, 0.15) is 36.8 Å². The van der Waals surface area contributed by atoms with Gasteiger partial charge in [0.1, 0.15) is 0 Å². The number of aromatic nitrogens is 3. The van der Waals surface area contributed by atoms with Gasteiger partial charge in [0.2, 0.25) is 0 Å². The zero-order chi connectivity index (χ0) is 15.2. The molecule has 0 aliphatic rings. The van der Waals surface area contributed by atoms with Crippen molar-refractivity contribution in [3.8, 4) is 11.8 Å². The lowest BCUT2D eigenvalue weighted by molar-refractivity contribution is 0.305. The van der Waals surface area contributed by atoms with Gasteiger partial charge in [0, 0.05) is 34.0 Å². The third-order valence-electron chi connectivity index (χ3n) is 2.66. The van der Waals surface area contributed by atoms with Crippen LogP contribution in [0.5, 0.6) is 0 Å². The number of aromatic amines is 1. The van der Waals surface area contributed by atoms with Gasteiger partial charge >= 0.3 is 5.69 Å². The van der Waals surface area contributed by atoms with Crippen molar-refractivity contribution >= 4 is 23.1 Å². The van der Waals surface area contributed by atoms with Crippen molar-refractivity contribution in [1.29, 1.82) is 0 Å². The number of aliphatic hydroxyl groups excluding tert-OH is 1. The Morgan fingerprint density at radius 3 is 3.10 bits per heavy atom. The maximum absolute atomic E-state index is 11.6. The molecule has 0 aliphatic heterocycles. The van der Waals surface area contributed by atoms with Gasteiger partial charge in [-0.3, -0.25) is 4.57 Å². The molecule has 2 N–H and O–H groups in total. The number of rotatable bonds is 5. The monoisotopic (exact) mass is 323 g/mol. The second-order valence-electron chi connectivity index (χ2n) is 4.64. The van der Waals surface area contributed by atoms with Gasteiger partial charge in [-0.25, -0.2) is 9.89 Å². The van der Waals surface area contributed by atoms with E-state index in [0.29, 0.717) is 11.6 Å². The molecule has 112 valence electrons. The molecule has 2 aromatic rings. The minimum Gasteiger partial charge on any atom is -0.395 e. The summed E-state index contributed by atoms with van der Waals surface area (Å²) < 4.78 is 1.65. The van der Waals surface area contributed by atoms with Crippen molar-refractivity contribution in [3.05, 3.63) is 32.4 Å². The molecule has 0 saturated carbocycles. The van der Waals surface area contributed by atoms with Crippen LogP contribution >= 0.6 is 23.1 Å². The van der Waals surface area contributed by atoms with Crippen molar-refractivity contribution in [3.63, 3.8) is 0 Å². The largest absolute Gasteiger partial charge is 0.395 e. The van der Waals surface area contributed by atoms with Gasteiger partial charge in [0.15, 0.2) is 5.16 Å². The van der Waals surface area contributed by atoms with Crippen molar-refractivity contribution < 1.29 is 5.11 Å². The van der Waals surface area contributed by atoms with Crippen molar-refractivity contribution in [2.75, 3.05) is 6.61 Å². The first kappa shape index (κ1) is 15.9. The predicted molar refractivity (Wildman–Crippen MR) is 85.7 cm³/mol. The summed E-state index contributed by atoms with van der Waals surface area (Å²) in [7, 11) is 0. The number of nitrogens with one attached hydrogen (secondary N) is 1. The Labute approximate surface area is 131 Å². The van der Waals surface area contributed by atoms with Gasteiger partial charge in [-0.1, -0.05) is 23.6 Å². The topological polar surface area (TPSA) is 70.9 Å². The van der Waals surface area contributed by atoms with Crippen LogP contribution in [0.2, 0.25) is 0 Å². The third kappa shape index (κ3) is 4.24. The van der Waals surface area contributed by atoms with E-state index in [0.717, 1.165) is 11.3 Å². The smallest absolute Gasteiger partial charge is 0.344 e. The number of hydrogen-bond acceptors (Lipinski definition) is 5. The van der Waals surface area contributed by atoms with Crippen LogP contribution in [0, 0.1) is 11.8 Å². The summed E-state index contributed by atoms with van der Waals surface area (Å²) >= 11 is 3.17. The van der Waals surface area contributed by atoms with E-state index in [1.807, 2.05) is 25.3 Å². The van der Waals surface area contributed by atoms with Crippen LogP contribution in [0.15, 0.2) is 21.4 Å². The van der Waals surface area contributed by atoms with Gasteiger partial charge in [0.25, 0.3) is 0 Å². The lowest BCUT2D eigenvalue weighted by Gasteiger charge is -2.07. The normalized spacial score (nSPS) is 10.7. The highest BCUT2D eigenvalue weighted by Crippen LogP contribution is 2.25. The van der Waals surface area contributed by atoms with Crippen LogP contribution in [-0.2, 0) is 5.75 Å². The van der Waals surface area contributed by atoms with E-state index in [2.05, 4.69) is 22.0 Å². The molecule has 0 amide bonds. The Hall–Kier alpha value is -1.49. The zero-order valence-electron chi connectivity index (χ0n) is 11.9. The molecule has 5 nitrogen and oxygen atoms in total. The summed E-state index contributed by atoms with van der Waals surface area (Å²) in [6, 6.07) is 2.12. The summed E-state index contributed by atoms with van der Waals surface area (Å²) in [6.45, 7) is 4.01. The van der Waals surface area contributed by atoms with E-state index in [4.69, 9.17) is 5.11 Å². The average Bonchev–Trinajstić information content (AvgIpc) is 3.03. The van der Waals surface area contributed by atoms with E-state index in [-0.39, 0.29) is 18.3 Å². The molecule has 0 bridgehead atoms. The molecule has 21 heavy (non-hydrogen) atoms. The minimum atomic E-state index is -0.172. The summed E-state index contributed by atoms with van der Waals surface area (Å²) in [5.74, 6) is 6.67. The second-order valence-corrected chi connectivity index (χ2v) is 6.58. The van der Waals surface area contributed by atoms with Crippen LogP contribution in [-0.4, -0.2) is 26.5 Å². The van der Waals surface area contributed by atoms with Crippen molar-refractivity contribution in [2.45, 2.75) is 37.2 Å². The number of aliphatic hydroxyl groups is 1. The lowest BCUT2D eigenvalue weighted by Crippen LogP contribution is -2.19. The standard InChI is InChI=1S/C14H17N3O2S2/c1-10(2)17-13(19)15-16-14(17)21-9-12-7-11(8-20-12)5-3-4-6-18/h7-8,10,18H,4,6,9H2,1-2H3,(H,15,19). The number of nitrogens with zero attached hydrogens (tertiary/aromatic N) is 2. The van der Waals surface area contributed by atoms with Gasteiger partial charge in [-0.15, -0.1) is 16.4 Å². The molecule has 2 aromatic heterocycles. The van der Waals surface area contributed by atoms with Gasteiger partial charge in [-0.05, 0) is 19.9 Å². The molecule has 0 aromatic carbocycles. The highest BCUT2D eigenvalue weighted by molar-refractivity contribution is 7.98. The molecule has 7 heteroatoms. The molecule has 2 heterocycles. The molecule has 2 rings (SSSR count). The summed E-state index contributed by atoms with van der Waals surface area (Å²) in [5.41, 5.74) is 0.793. The zero-order valence-corrected chi connectivity index (χ0v) is 13.6. The molecule has 0 saturated heterocycles. The van der Waals surface area contributed by atoms with E-state index in [1.54, 1.807) is 15.9 Å². The fourth-order valence-electron chi connectivity index (χ4n) is 1.73. The van der Waals surface area contributed by atoms with Gasteiger partial charge < -0.3 is 5.11 Å². The van der Waals surface area contributed by atoms with Crippen LogP contribution in [0.3, 0.4) is 0 Å². The third-order valence-corrected chi connectivity index (χ3v) is 4.78. The Bertz CT molecular complexity index is 704. The van der Waals surface area contributed by atoms with Gasteiger partial charge in [0.05, 0.1) is 6.61 Å². The highest BCUT2D eigenvalue weighted by Gasteiger charge is 2.12. The molecule has 0 aliphatic carbocycles. The molecular weight excluding hydrogens is 306 g/mol. The van der Waals surface area contributed by atoms with Crippen LogP contribution < -0.4 is 5.69 Å². The number of hydrogen-bond donors (Lipinski definition) is 2. The maximum Gasteiger partial charge on any atom is 0.344 e. The molecule has 0 spiro atoms. The van der Waals surface area contributed by atoms with Crippen molar-refractivity contribution in [2.24, 2.45) is 0 Å². The first-order valence-corrected chi connectivity index (χ1v) is 8.45. The van der Waals surface area contributed by atoms with Crippen LogP contribution in [0.25, 0.3) is 0 Å². The summed E-state index contributed by atoms with van der Waals surface area (Å²) in [5, 5.41) is 17.9. The predicted octanol–water partition coefficient (Wildman–Crippen LogP) is 2.24. The van der Waals surface area contributed by atoms with Crippen molar-refractivity contribution in [1.82, 2.24) is 14.8 Å². The van der Waals surface area contributed by atoms with Gasteiger partial charge in [-0.2, -0.15) is 0 Å². The number of thiophene rings is 1. The Morgan fingerprint density at radius 2 is 2.38 bits per heavy atom. The number of H-pyrrole nitrogens is 1. The maximum atomic E-state index is 11.6. The number of thioether (sulfide) groups is 1. The lowest BCUT2D eigenvalue weighted by atomic mass is 10.3. The highest BCUT2D eigenvalue weighted by atomic mass is 32.2. The fraction of sp³-hybridized carbons (Fsp3) is 0.429. The minimum absolute atomic E-state index is 0.0852. The fourth-order valence-corrected chi connectivity index (χ4v) is 3.67. The van der Waals surface area contributed by atoms with E-state index in [1.165, 1.54) is 16.6 Å². The average molecular weight is 323 g/mol.